The van der Waals surface area contributed by atoms with Crippen molar-refractivity contribution >= 4 is 11.0 Å². The quantitative estimate of drug-likeness (QED) is 0.575. The van der Waals surface area contributed by atoms with Crippen molar-refractivity contribution in [2.24, 2.45) is 5.92 Å². The van der Waals surface area contributed by atoms with Gasteiger partial charge in [-0.25, -0.2) is 4.98 Å². The highest BCUT2D eigenvalue weighted by Crippen LogP contribution is 2.30. The Morgan fingerprint density at radius 2 is 2.04 bits per heavy atom. The van der Waals surface area contributed by atoms with E-state index in [4.69, 9.17) is 4.74 Å². The molecule has 1 aliphatic rings. The van der Waals surface area contributed by atoms with E-state index in [9.17, 15) is 14.0 Å². The average Bonchev–Trinajstić information content (AvgIpc) is 3.45. The van der Waals surface area contributed by atoms with Gasteiger partial charge in [-0.2, -0.15) is 14.0 Å². The number of fused-ring (bicyclic) bond motifs is 1. The van der Waals surface area contributed by atoms with Crippen LogP contribution in [0.25, 0.3) is 11.0 Å². The first-order valence-electron chi connectivity index (χ1n) is 9.14. The maximum absolute atomic E-state index is 12.8. The number of imidazole rings is 1. The molecule has 1 aliphatic carbocycles. The summed E-state index contributed by atoms with van der Waals surface area (Å²) < 4.78 is 37.9. The van der Waals surface area contributed by atoms with Crippen LogP contribution in [0.3, 0.4) is 0 Å². The number of hydrogen-bond acceptors (Lipinski definition) is 4. The van der Waals surface area contributed by atoms with Crippen LogP contribution in [-0.2, 0) is 17.9 Å². The summed E-state index contributed by atoms with van der Waals surface area (Å²) in [5.41, 5.74) is 2.61. The summed E-state index contributed by atoms with van der Waals surface area (Å²) in [6, 6.07) is 14.1. The van der Waals surface area contributed by atoms with Gasteiger partial charge in [-0.05, 0) is 43.0 Å². The predicted octanol–water partition coefficient (Wildman–Crippen LogP) is 4.48. The molecule has 0 unspecified atom stereocenters. The van der Waals surface area contributed by atoms with E-state index in [-0.39, 0.29) is 12.3 Å². The fourth-order valence-electron chi connectivity index (χ4n) is 3.15. The monoisotopic (exact) mass is 383 g/mol. The highest BCUT2D eigenvalue weighted by atomic mass is 19.3. The van der Waals surface area contributed by atoms with Gasteiger partial charge in [0.15, 0.2) is 0 Å². The molecule has 3 aromatic rings. The lowest BCUT2D eigenvalue weighted by atomic mass is 10.2. The number of benzene rings is 2. The zero-order valence-electron chi connectivity index (χ0n) is 15.1. The van der Waals surface area contributed by atoms with Crippen LogP contribution in [-0.4, -0.2) is 22.8 Å². The number of rotatable bonds is 8. The lowest BCUT2D eigenvalue weighted by Crippen LogP contribution is -2.10. The smallest absolute Gasteiger partial charge is 0.387 e. The molecule has 0 N–H and O–H groups in total. The Bertz CT molecular complexity index is 1020. The van der Waals surface area contributed by atoms with Crippen LogP contribution in [0.15, 0.2) is 42.5 Å². The van der Waals surface area contributed by atoms with E-state index in [0.29, 0.717) is 36.1 Å². The summed E-state index contributed by atoms with van der Waals surface area (Å²) >= 11 is 0. The van der Waals surface area contributed by atoms with Gasteiger partial charge in [0, 0.05) is 12.2 Å². The van der Waals surface area contributed by atoms with Gasteiger partial charge in [0.25, 0.3) is 0 Å². The van der Waals surface area contributed by atoms with Crippen molar-refractivity contribution in [2.45, 2.75) is 32.6 Å². The van der Waals surface area contributed by atoms with Crippen LogP contribution < -0.4 is 4.74 Å². The van der Waals surface area contributed by atoms with Crippen LogP contribution in [0.1, 0.15) is 29.8 Å². The fourth-order valence-corrected chi connectivity index (χ4v) is 3.15. The van der Waals surface area contributed by atoms with E-state index in [1.165, 1.54) is 18.9 Å². The molecule has 0 bridgehead atoms. The minimum Gasteiger partial charge on any atom is -0.434 e. The molecule has 0 saturated heterocycles. The number of ether oxygens (including phenoxy) is 2. The van der Waals surface area contributed by atoms with Crippen molar-refractivity contribution in [3.63, 3.8) is 0 Å². The zero-order valence-corrected chi connectivity index (χ0v) is 15.1. The molecule has 2 aromatic carbocycles. The third-order valence-electron chi connectivity index (χ3n) is 4.76. The van der Waals surface area contributed by atoms with Gasteiger partial charge in [-0.1, -0.05) is 18.2 Å². The average molecular weight is 383 g/mol. The summed E-state index contributed by atoms with van der Waals surface area (Å²) in [4.78, 5) is 4.63. The van der Waals surface area contributed by atoms with Gasteiger partial charge in [0.2, 0.25) is 0 Å². The molecule has 0 radical (unpaired) electrons. The van der Waals surface area contributed by atoms with E-state index >= 15 is 0 Å². The van der Waals surface area contributed by atoms with Gasteiger partial charge in [0.05, 0.1) is 29.2 Å². The number of hydrogen-bond donors (Lipinski definition) is 0. The number of nitrogens with zero attached hydrogens (tertiary/aromatic N) is 3. The standard InChI is InChI=1S/C21H19F2N3O2/c22-21(23)28-19-4-2-1-3-16(19)11-26-18-9-15(10-24)7-8-17(18)25-20(26)13-27-12-14-5-6-14/h1-4,7-9,14,21H,5-6,11-13H2. The molecule has 0 spiro atoms. The van der Waals surface area contributed by atoms with Crippen LogP contribution in [0.2, 0.25) is 0 Å². The van der Waals surface area contributed by atoms with Crippen molar-refractivity contribution in [2.75, 3.05) is 6.61 Å². The van der Waals surface area contributed by atoms with Crippen LogP contribution in [0, 0.1) is 17.2 Å². The third-order valence-corrected chi connectivity index (χ3v) is 4.76. The first kappa shape index (κ1) is 18.4. The molecule has 7 heteroatoms. The van der Waals surface area contributed by atoms with E-state index in [0.717, 1.165) is 11.0 Å². The molecular weight excluding hydrogens is 364 g/mol. The molecule has 144 valence electrons. The second kappa shape index (κ2) is 7.95. The van der Waals surface area contributed by atoms with Gasteiger partial charge < -0.3 is 14.0 Å². The number of alkyl halides is 2. The van der Waals surface area contributed by atoms with Crippen molar-refractivity contribution < 1.29 is 18.3 Å². The molecule has 0 amide bonds. The number of nitriles is 1. The van der Waals surface area contributed by atoms with Gasteiger partial charge in [-0.15, -0.1) is 0 Å². The normalized spacial score (nSPS) is 13.8. The third kappa shape index (κ3) is 4.12. The fraction of sp³-hybridized carbons (Fsp3) is 0.333. The largest absolute Gasteiger partial charge is 0.434 e. The summed E-state index contributed by atoms with van der Waals surface area (Å²) in [5.74, 6) is 1.45. The lowest BCUT2D eigenvalue weighted by Gasteiger charge is -2.14. The minimum atomic E-state index is -2.90. The van der Waals surface area contributed by atoms with Crippen LogP contribution in [0.4, 0.5) is 8.78 Å². The number of para-hydroxylation sites is 1. The van der Waals surface area contributed by atoms with Gasteiger partial charge >= 0.3 is 6.61 Å². The highest BCUT2D eigenvalue weighted by Gasteiger charge is 2.22. The first-order valence-corrected chi connectivity index (χ1v) is 9.14. The summed E-state index contributed by atoms with van der Waals surface area (Å²) in [6.07, 6.45) is 2.39. The van der Waals surface area contributed by atoms with E-state index < -0.39 is 6.61 Å². The molecule has 1 aromatic heterocycles. The molecule has 4 rings (SSSR count). The summed E-state index contributed by atoms with van der Waals surface area (Å²) in [7, 11) is 0. The molecule has 0 atom stereocenters. The van der Waals surface area contributed by atoms with Crippen LogP contribution in [0.5, 0.6) is 5.75 Å². The van der Waals surface area contributed by atoms with Crippen molar-refractivity contribution in [3.05, 3.63) is 59.4 Å². The highest BCUT2D eigenvalue weighted by molar-refractivity contribution is 5.78. The number of aromatic nitrogens is 2. The van der Waals surface area contributed by atoms with Gasteiger partial charge in [-0.3, -0.25) is 0 Å². The van der Waals surface area contributed by atoms with E-state index in [2.05, 4.69) is 15.8 Å². The molecular formula is C21H19F2N3O2. The Hall–Kier alpha value is -2.98. The van der Waals surface area contributed by atoms with Crippen molar-refractivity contribution in [1.82, 2.24) is 9.55 Å². The maximum Gasteiger partial charge on any atom is 0.387 e. The van der Waals surface area contributed by atoms with Crippen molar-refractivity contribution in [1.29, 1.82) is 5.26 Å². The van der Waals surface area contributed by atoms with Crippen molar-refractivity contribution in [3.8, 4) is 11.8 Å². The second-order valence-corrected chi connectivity index (χ2v) is 6.87. The predicted molar refractivity (Wildman–Crippen MR) is 99.0 cm³/mol. The Kier molecular flexibility index (Phi) is 5.22. The molecule has 1 fully saturated rings. The molecule has 28 heavy (non-hydrogen) atoms. The summed E-state index contributed by atoms with van der Waals surface area (Å²) in [5, 5.41) is 9.23. The Labute approximate surface area is 161 Å². The molecule has 5 nitrogen and oxygen atoms in total. The molecule has 0 aliphatic heterocycles. The Morgan fingerprint density at radius 3 is 2.79 bits per heavy atom. The Balaban J connectivity index is 1.69. The number of halogens is 2. The van der Waals surface area contributed by atoms with Crippen LogP contribution >= 0.6 is 0 Å². The Morgan fingerprint density at radius 1 is 1.21 bits per heavy atom. The topological polar surface area (TPSA) is 60.1 Å². The SMILES string of the molecule is N#Cc1ccc2nc(COCC3CC3)n(Cc3ccccc3OC(F)F)c2c1. The lowest BCUT2D eigenvalue weighted by molar-refractivity contribution is -0.0504. The van der Waals surface area contributed by atoms with E-state index in [1.54, 1.807) is 36.4 Å². The maximum atomic E-state index is 12.8. The zero-order chi connectivity index (χ0) is 19.5. The van der Waals surface area contributed by atoms with E-state index in [1.807, 2.05) is 4.57 Å². The minimum absolute atomic E-state index is 0.126. The second-order valence-electron chi connectivity index (χ2n) is 6.87. The first-order chi connectivity index (χ1) is 13.6. The molecule has 1 saturated carbocycles. The van der Waals surface area contributed by atoms with Gasteiger partial charge in [0.1, 0.15) is 18.2 Å². The summed E-state index contributed by atoms with van der Waals surface area (Å²) in [6.45, 7) is -1.59. The molecule has 1 heterocycles.